The summed E-state index contributed by atoms with van der Waals surface area (Å²) in [5.74, 6) is 0. The molecular formula is C10H18N2O2. The zero-order valence-electron chi connectivity index (χ0n) is 8.50. The van der Waals surface area contributed by atoms with Crippen LogP contribution in [0.3, 0.4) is 0 Å². The average molecular weight is 198 g/mol. The number of morpholine rings is 1. The smallest absolute Gasteiger partial charge is 0.317 e. The van der Waals surface area contributed by atoms with E-state index >= 15 is 0 Å². The van der Waals surface area contributed by atoms with E-state index in [2.05, 4.69) is 5.32 Å². The molecule has 4 heteroatoms. The van der Waals surface area contributed by atoms with Gasteiger partial charge >= 0.3 is 6.03 Å². The van der Waals surface area contributed by atoms with Gasteiger partial charge in [-0.25, -0.2) is 4.79 Å². The molecule has 0 bridgehead atoms. The highest BCUT2D eigenvalue weighted by Gasteiger charge is 2.21. The van der Waals surface area contributed by atoms with Crippen LogP contribution in [0.15, 0.2) is 0 Å². The van der Waals surface area contributed by atoms with Crippen LogP contribution in [0.5, 0.6) is 0 Å². The topological polar surface area (TPSA) is 41.6 Å². The molecule has 4 nitrogen and oxygen atoms in total. The molecule has 0 aromatic rings. The maximum absolute atomic E-state index is 11.7. The SMILES string of the molecule is O=C(NC1CCCC1)N1CCOCC1. The van der Waals surface area contributed by atoms with Crippen molar-refractivity contribution in [1.29, 1.82) is 0 Å². The van der Waals surface area contributed by atoms with Crippen LogP contribution in [-0.4, -0.2) is 43.3 Å². The predicted molar refractivity (Wildman–Crippen MR) is 53.2 cm³/mol. The molecule has 2 fully saturated rings. The fourth-order valence-electron chi connectivity index (χ4n) is 2.10. The van der Waals surface area contributed by atoms with Crippen molar-refractivity contribution in [3.05, 3.63) is 0 Å². The van der Waals surface area contributed by atoms with Crippen LogP contribution in [0.1, 0.15) is 25.7 Å². The van der Waals surface area contributed by atoms with E-state index in [9.17, 15) is 4.79 Å². The first-order valence-corrected chi connectivity index (χ1v) is 5.49. The molecule has 1 heterocycles. The van der Waals surface area contributed by atoms with Crippen molar-refractivity contribution in [3.8, 4) is 0 Å². The molecule has 2 aliphatic rings. The summed E-state index contributed by atoms with van der Waals surface area (Å²) in [6.07, 6.45) is 4.81. The van der Waals surface area contributed by atoms with Crippen LogP contribution in [0.2, 0.25) is 0 Å². The first kappa shape index (κ1) is 9.77. The number of nitrogens with zero attached hydrogens (tertiary/aromatic N) is 1. The van der Waals surface area contributed by atoms with Crippen LogP contribution in [0.4, 0.5) is 4.79 Å². The minimum Gasteiger partial charge on any atom is -0.378 e. The molecule has 1 aliphatic carbocycles. The van der Waals surface area contributed by atoms with E-state index in [-0.39, 0.29) is 6.03 Å². The van der Waals surface area contributed by atoms with E-state index in [0.717, 1.165) is 25.9 Å². The summed E-state index contributed by atoms with van der Waals surface area (Å²) in [5.41, 5.74) is 0. The van der Waals surface area contributed by atoms with Gasteiger partial charge in [-0.2, -0.15) is 0 Å². The first-order chi connectivity index (χ1) is 6.86. The van der Waals surface area contributed by atoms with E-state index in [4.69, 9.17) is 4.74 Å². The van der Waals surface area contributed by atoms with Gasteiger partial charge in [0.05, 0.1) is 13.2 Å². The highest BCUT2D eigenvalue weighted by Crippen LogP contribution is 2.17. The Morgan fingerprint density at radius 3 is 2.50 bits per heavy atom. The zero-order valence-corrected chi connectivity index (χ0v) is 8.50. The molecule has 1 saturated heterocycles. The normalized spacial score (nSPS) is 23.9. The molecule has 1 aliphatic heterocycles. The van der Waals surface area contributed by atoms with Crippen molar-refractivity contribution >= 4 is 6.03 Å². The summed E-state index contributed by atoms with van der Waals surface area (Å²) >= 11 is 0. The number of urea groups is 1. The molecule has 2 rings (SSSR count). The third kappa shape index (κ3) is 2.38. The molecule has 0 aromatic heterocycles. The predicted octanol–water partition coefficient (Wildman–Crippen LogP) is 0.971. The van der Waals surface area contributed by atoms with E-state index in [1.165, 1.54) is 12.8 Å². The lowest BCUT2D eigenvalue weighted by Gasteiger charge is -2.28. The minimum atomic E-state index is 0.0974. The second-order valence-corrected chi connectivity index (χ2v) is 4.03. The Bertz CT molecular complexity index is 196. The lowest BCUT2D eigenvalue weighted by molar-refractivity contribution is 0.0525. The summed E-state index contributed by atoms with van der Waals surface area (Å²) < 4.78 is 5.20. The fourth-order valence-corrected chi connectivity index (χ4v) is 2.10. The Hall–Kier alpha value is -0.770. The summed E-state index contributed by atoms with van der Waals surface area (Å²) in [7, 11) is 0. The molecular weight excluding hydrogens is 180 g/mol. The zero-order chi connectivity index (χ0) is 9.80. The monoisotopic (exact) mass is 198 g/mol. The Kier molecular flexibility index (Phi) is 3.24. The van der Waals surface area contributed by atoms with Gasteiger partial charge in [-0.05, 0) is 12.8 Å². The molecule has 1 saturated carbocycles. The van der Waals surface area contributed by atoms with Gasteiger partial charge in [0, 0.05) is 19.1 Å². The second kappa shape index (κ2) is 4.64. The van der Waals surface area contributed by atoms with Gasteiger partial charge in [-0.3, -0.25) is 0 Å². The molecule has 2 amide bonds. The number of rotatable bonds is 1. The van der Waals surface area contributed by atoms with Gasteiger partial charge in [-0.15, -0.1) is 0 Å². The van der Waals surface area contributed by atoms with E-state index in [1.807, 2.05) is 4.90 Å². The van der Waals surface area contributed by atoms with Gasteiger partial charge < -0.3 is 15.0 Å². The summed E-state index contributed by atoms with van der Waals surface area (Å²) in [5, 5.41) is 3.08. The number of amides is 2. The molecule has 0 radical (unpaired) electrons. The molecule has 0 spiro atoms. The molecule has 1 N–H and O–H groups in total. The highest BCUT2D eigenvalue weighted by atomic mass is 16.5. The van der Waals surface area contributed by atoms with Crippen molar-refractivity contribution in [1.82, 2.24) is 10.2 Å². The highest BCUT2D eigenvalue weighted by molar-refractivity contribution is 5.74. The van der Waals surface area contributed by atoms with Crippen LogP contribution >= 0.6 is 0 Å². The van der Waals surface area contributed by atoms with E-state index in [0.29, 0.717) is 19.3 Å². The number of carbonyl (C=O) groups excluding carboxylic acids is 1. The molecule has 0 unspecified atom stereocenters. The Morgan fingerprint density at radius 2 is 1.86 bits per heavy atom. The number of hydrogen-bond donors (Lipinski definition) is 1. The second-order valence-electron chi connectivity index (χ2n) is 4.03. The van der Waals surface area contributed by atoms with Crippen molar-refractivity contribution in [2.75, 3.05) is 26.3 Å². The number of ether oxygens (including phenoxy) is 1. The van der Waals surface area contributed by atoms with Crippen molar-refractivity contribution in [2.45, 2.75) is 31.7 Å². The number of nitrogens with one attached hydrogen (secondary N) is 1. The Balaban J connectivity index is 1.75. The van der Waals surface area contributed by atoms with E-state index < -0.39 is 0 Å². The lowest BCUT2D eigenvalue weighted by Crippen LogP contribution is -2.48. The van der Waals surface area contributed by atoms with Gasteiger partial charge in [0.2, 0.25) is 0 Å². The lowest BCUT2D eigenvalue weighted by atomic mass is 10.2. The van der Waals surface area contributed by atoms with Crippen molar-refractivity contribution < 1.29 is 9.53 Å². The Labute approximate surface area is 84.6 Å². The van der Waals surface area contributed by atoms with Crippen molar-refractivity contribution in [3.63, 3.8) is 0 Å². The summed E-state index contributed by atoms with van der Waals surface area (Å²) in [6.45, 7) is 2.83. The summed E-state index contributed by atoms with van der Waals surface area (Å²) in [6, 6.07) is 0.519. The van der Waals surface area contributed by atoms with Crippen LogP contribution < -0.4 is 5.32 Å². The molecule has 0 atom stereocenters. The average Bonchev–Trinajstić information content (AvgIpc) is 2.72. The molecule has 80 valence electrons. The fraction of sp³-hybridized carbons (Fsp3) is 0.900. The number of carbonyl (C=O) groups is 1. The quantitative estimate of drug-likeness (QED) is 0.682. The van der Waals surface area contributed by atoms with Gasteiger partial charge in [0.25, 0.3) is 0 Å². The van der Waals surface area contributed by atoms with E-state index in [1.54, 1.807) is 0 Å². The third-order valence-electron chi connectivity index (χ3n) is 2.98. The summed E-state index contributed by atoms with van der Waals surface area (Å²) in [4.78, 5) is 13.6. The largest absolute Gasteiger partial charge is 0.378 e. The van der Waals surface area contributed by atoms with Gasteiger partial charge in [0.1, 0.15) is 0 Å². The maximum atomic E-state index is 11.7. The van der Waals surface area contributed by atoms with Crippen molar-refractivity contribution in [2.24, 2.45) is 0 Å². The van der Waals surface area contributed by atoms with Gasteiger partial charge in [-0.1, -0.05) is 12.8 Å². The van der Waals surface area contributed by atoms with Crippen LogP contribution in [0.25, 0.3) is 0 Å². The minimum absolute atomic E-state index is 0.0974. The third-order valence-corrected chi connectivity index (χ3v) is 2.98. The number of hydrogen-bond acceptors (Lipinski definition) is 2. The standard InChI is InChI=1S/C10H18N2O2/c13-10(11-9-3-1-2-4-9)12-5-7-14-8-6-12/h9H,1-8H2,(H,11,13). The molecule has 0 aromatic carbocycles. The van der Waals surface area contributed by atoms with Crippen LogP contribution in [0, 0.1) is 0 Å². The Morgan fingerprint density at radius 1 is 1.21 bits per heavy atom. The van der Waals surface area contributed by atoms with Gasteiger partial charge in [0.15, 0.2) is 0 Å². The molecule has 14 heavy (non-hydrogen) atoms. The first-order valence-electron chi connectivity index (χ1n) is 5.49. The maximum Gasteiger partial charge on any atom is 0.317 e. The van der Waals surface area contributed by atoms with Crippen LogP contribution in [-0.2, 0) is 4.74 Å².